The lowest BCUT2D eigenvalue weighted by Crippen LogP contribution is -2.25. The Bertz CT molecular complexity index is 1280. The van der Waals surface area contributed by atoms with Gasteiger partial charge in [-0.15, -0.1) is 11.8 Å². The smallest absolute Gasteiger partial charge is 0.261 e. The number of rotatable bonds is 12. The average Bonchev–Trinajstić information content (AvgIpc) is 2.84. The van der Waals surface area contributed by atoms with Crippen LogP contribution in [0.1, 0.15) is 13.8 Å². The number of thioether (sulfide) groups is 1. The number of anilines is 2. The molecule has 0 radical (unpaired) electrons. The normalized spacial score (nSPS) is 12.0. The molecule has 0 aliphatic heterocycles. The molecular weight excluding hydrogens is 490 g/mol. The summed E-state index contributed by atoms with van der Waals surface area (Å²) in [6.07, 6.45) is 0. The third kappa shape index (κ3) is 6.99. The van der Waals surface area contributed by atoms with E-state index in [1.807, 2.05) is 0 Å². The molecule has 34 heavy (non-hydrogen) atoms. The van der Waals surface area contributed by atoms with E-state index in [1.165, 1.54) is 36.0 Å². The molecule has 0 fully saturated rings. The molecule has 0 spiro atoms. The second-order valence-electron chi connectivity index (χ2n) is 7.42. The van der Waals surface area contributed by atoms with Crippen molar-refractivity contribution in [2.24, 2.45) is 0 Å². The number of hydrogen-bond acceptors (Lipinski definition) is 6. The predicted molar refractivity (Wildman–Crippen MR) is 139 cm³/mol. The summed E-state index contributed by atoms with van der Waals surface area (Å²) in [7, 11) is -7.56. The van der Waals surface area contributed by atoms with Crippen LogP contribution >= 0.6 is 11.8 Å². The lowest BCUT2D eigenvalue weighted by molar-refractivity contribution is 0.324. The number of nitrogens with one attached hydrogen (secondary N) is 2. The van der Waals surface area contributed by atoms with Crippen molar-refractivity contribution in [1.82, 2.24) is 4.90 Å². The van der Waals surface area contributed by atoms with Crippen LogP contribution in [0.25, 0.3) is 0 Å². The maximum atomic E-state index is 12.9. The molecule has 7 nitrogen and oxygen atoms in total. The van der Waals surface area contributed by atoms with Gasteiger partial charge >= 0.3 is 0 Å². The fraction of sp³-hybridized carbons (Fsp3) is 0.250. The Labute approximate surface area is 206 Å². The molecular formula is C24H29N3O4S3. The largest absolute Gasteiger partial charge is 0.303 e. The molecule has 0 unspecified atom stereocenters. The fourth-order valence-corrected chi connectivity index (χ4v) is 6.52. The van der Waals surface area contributed by atoms with E-state index in [2.05, 4.69) is 28.2 Å². The van der Waals surface area contributed by atoms with Gasteiger partial charge in [-0.05, 0) is 55.6 Å². The summed E-state index contributed by atoms with van der Waals surface area (Å²) in [5.41, 5.74) is 0.757. The van der Waals surface area contributed by atoms with Crippen molar-refractivity contribution in [2.45, 2.75) is 28.5 Å². The van der Waals surface area contributed by atoms with Gasteiger partial charge in [-0.2, -0.15) is 0 Å². The quantitative estimate of drug-likeness (QED) is 0.336. The summed E-state index contributed by atoms with van der Waals surface area (Å²) in [4.78, 5) is 3.21. The van der Waals surface area contributed by atoms with Gasteiger partial charge in [0.25, 0.3) is 20.0 Å². The molecule has 0 bridgehead atoms. The van der Waals surface area contributed by atoms with E-state index < -0.39 is 20.0 Å². The Morgan fingerprint density at radius 1 is 0.735 bits per heavy atom. The van der Waals surface area contributed by atoms with Crippen LogP contribution in [0.5, 0.6) is 0 Å². The van der Waals surface area contributed by atoms with Gasteiger partial charge in [-0.25, -0.2) is 16.8 Å². The van der Waals surface area contributed by atoms with Crippen molar-refractivity contribution >= 4 is 43.2 Å². The molecule has 0 aliphatic rings. The minimum Gasteiger partial charge on any atom is -0.303 e. The molecule has 0 aliphatic carbocycles. The van der Waals surface area contributed by atoms with E-state index in [-0.39, 0.29) is 9.79 Å². The van der Waals surface area contributed by atoms with Gasteiger partial charge in [0, 0.05) is 17.2 Å². The third-order valence-corrected chi connectivity index (χ3v) is 8.96. The van der Waals surface area contributed by atoms with Crippen molar-refractivity contribution in [2.75, 3.05) is 34.8 Å². The Balaban J connectivity index is 1.89. The monoisotopic (exact) mass is 519 g/mol. The highest BCUT2D eigenvalue weighted by Crippen LogP contribution is 2.33. The summed E-state index contributed by atoms with van der Waals surface area (Å²) in [6.45, 7) is 6.84. The first-order valence-electron chi connectivity index (χ1n) is 10.9. The zero-order valence-corrected chi connectivity index (χ0v) is 21.6. The van der Waals surface area contributed by atoms with Crippen molar-refractivity contribution in [3.63, 3.8) is 0 Å². The van der Waals surface area contributed by atoms with Gasteiger partial charge in [0.05, 0.1) is 21.2 Å². The van der Waals surface area contributed by atoms with E-state index in [9.17, 15) is 16.8 Å². The van der Waals surface area contributed by atoms with Crippen molar-refractivity contribution < 1.29 is 16.8 Å². The van der Waals surface area contributed by atoms with Crippen LogP contribution in [-0.4, -0.2) is 47.1 Å². The summed E-state index contributed by atoms with van der Waals surface area (Å²) < 4.78 is 56.5. The SMILES string of the molecule is CCN(CC)CCSc1cc(NS(=O)(=O)c2ccccc2)ccc1NS(=O)(=O)c1ccccc1. The summed E-state index contributed by atoms with van der Waals surface area (Å²) in [5, 5.41) is 0. The highest BCUT2D eigenvalue weighted by molar-refractivity contribution is 7.99. The Hall–Kier alpha value is -2.53. The number of benzene rings is 3. The van der Waals surface area contributed by atoms with Crippen molar-refractivity contribution in [3.05, 3.63) is 78.9 Å². The molecule has 0 saturated heterocycles. The standard InChI is InChI=1S/C24H29N3O4S3/c1-3-27(4-2)17-18-32-24-19-20(25-33(28,29)21-11-7-5-8-12-21)15-16-23(24)26-34(30,31)22-13-9-6-10-14-22/h5-16,19,25-26H,3-4,17-18H2,1-2H3. The molecule has 182 valence electrons. The maximum absolute atomic E-state index is 12.9. The molecule has 2 N–H and O–H groups in total. The number of nitrogens with zero attached hydrogens (tertiary/aromatic N) is 1. The van der Waals surface area contributed by atoms with Crippen LogP contribution < -0.4 is 9.44 Å². The Morgan fingerprint density at radius 2 is 1.26 bits per heavy atom. The van der Waals surface area contributed by atoms with Crippen LogP contribution in [0, 0.1) is 0 Å². The van der Waals surface area contributed by atoms with Gasteiger partial charge in [0.1, 0.15) is 0 Å². The summed E-state index contributed by atoms with van der Waals surface area (Å²) in [6, 6.07) is 21.0. The van der Waals surface area contributed by atoms with Crippen LogP contribution in [-0.2, 0) is 20.0 Å². The summed E-state index contributed by atoms with van der Waals surface area (Å²) in [5.74, 6) is 0.719. The number of hydrogen-bond donors (Lipinski definition) is 2. The van der Waals surface area contributed by atoms with Crippen LogP contribution in [0.2, 0.25) is 0 Å². The van der Waals surface area contributed by atoms with Crippen LogP contribution in [0.15, 0.2) is 93.5 Å². The zero-order valence-electron chi connectivity index (χ0n) is 19.1. The van der Waals surface area contributed by atoms with Crippen LogP contribution in [0.4, 0.5) is 11.4 Å². The first kappa shape index (κ1) is 26.1. The van der Waals surface area contributed by atoms with Crippen LogP contribution in [0.3, 0.4) is 0 Å². The first-order valence-corrected chi connectivity index (χ1v) is 14.9. The molecule has 3 aromatic carbocycles. The van der Waals surface area contributed by atoms with E-state index >= 15 is 0 Å². The first-order chi connectivity index (χ1) is 16.2. The van der Waals surface area contributed by atoms with Gasteiger partial charge in [0.15, 0.2) is 0 Å². The van der Waals surface area contributed by atoms with Crippen molar-refractivity contribution in [1.29, 1.82) is 0 Å². The highest BCUT2D eigenvalue weighted by atomic mass is 32.2. The Kier molecular flexibility index (Phi) is 9.01. The highest BCUT2D eigenvalue weighted by Gasteiger charge is 2.18. The minimum atomic E-state index is -3.79. The molecule has 3 rings (SSSR count). The van der Waals surface area contributed by atoms with E-state index in [4.69, 9.17) is 0 Å². The molecule has 10 heteroatoms. The third-order valence-electron chi connectivity index (χ3n) is 5.14. The second kappa shape index (κ2) is 11.7. The zero-order chi connectivity index (χ0) is 24.6. The average molecular weight is 520 g/mol. The molecule has 0 aromatic heterocycles. The Morgan fingerprint density at radius 3 is 1.79 bits per heavy atom. The topological polar surface area (TPSA) is 95.6 Å². The maximum Gasteiger partial charge on any atom is 0.261 e. The molecule has 0 heterocycles. The fourth-order valence-electron chi connectivity index (χ4n) is 3.23. The van der Waals surface area contributed by atoms with E-state index in [0.29, 0.717) is 16.3 Å². The minimum absolute atomic E-state index is 0.152. The summed E-state index contributed by atoms with van der Waals surface area (Å²) >= 11 is 1.47. The van der Waals surface area contributed by atoms with Gasteiger partial charge in [-0.1, -0.05) is 50.2 Å². The number of sulfonamides is 2. The molecule has 0 atom stereocenters. The van der Waals surface area contributed by atoms with E-state index in [0.717, 1.165) is 25.4 Å². The molecule has 0 amide bonds. The van der Waals surface area contributed by atoms with Crippen molar-refractivity contribution in [3.8, 4) is 0 Å². The lowest BCUT2D eigenvalue weighted by Gasteiger charge is -2.19. The lowest BCUT2D eigenvalue weighted by atomic mass is 10.3. The predicted octanol–water partition coefficient (Wildman–Crippen LogP) is 4.72. The van der Waals surface area contributed by atoms with Gasteiger partial charge in [0.2, 0.25) is 0 Å². The molecule has 3 aromatic rings. The van der Waals surface area contributed by atoms with Gasteiger partial charge < -0.3 is 4.90 Å². The van der Waals surface area contributed by atoms with Gasteiger partial charge in [-0.3, -0.25) is 9.44 Å². The van der Waals surface area contributed by atoms with E-state index in [1.54, 1.807) is 54.6 Å². The second-order valence-corrected chi connectivity index (χ2v) is 11.9. The molecule has 0 saturated carbocycles.